The first-order chi connectivity index (χ1) is 18.0. The predicted molar refractivity (Wildman–Crippen MR) is 150 cm³/mol. The van der Waals surface area contributed by atoms with Gasteiger partial charge in [-0.1, -0.05) is 11.6 Å². The molecule has 202 valence electrons. The van der Waals surface area contributed by atoms with Crippen molar-refractivity contribution >= 4 is 23.3 Å². The Morgan fingerprint density at radius 2 is 1.79 bits per heavy atom. The SMILES string of the molecule is CC(=O)NC1CCC(N(C)c2cc(-c3cnn(C)c3)cc(C(=O)NCC3C(=O)C=C(C)C=C3C)c2C)CC1. The largest absolute Gasteiger partial charge is 0.371 e. The zero-order chi connectivity index (χ0) is 27.6. The smallest absolute Gasteiger partial charge is 0.251 e. The molecule has 2 amide bonds. The molecule has 38 heavy (non-hydrogen) atoms. The summed E-state index contributed by atoms with van der Waals surface area (Å²) in [4.78, 5) is 39.9. The number of aryl methyl sites for hydroxylation is 1. The van der Waals surface area contributed by atoms with Gasteiger partial charge in [0.15, 0.2) is 5.78 Å². The van der Waals surface area contributed by atoms with Crippen LogP contribution in [0.1, 0.15) is 62.4 Å². The van der Waals surface area contributed by atoms with Crippen LogP contribution in [-0.2, 0) is 16.6 Å². The number of aromatic nitrogens is 2. The van der Waals surface area contributed by atoms with Crippen LogP contribution in [0.3, 0.4) is 0 Å². The van der Waals surface area contributed by atoms with Crippen molar-refractivity contribution in [1.82, 2.24) is 20.4 Å². The average molecular weight is 518 g/mol. The molecule has 0 spiro atoms. The lowest BCUT2D eigenvalue weighted by molar-refractivity contribution is -0.120. The van der Waals surface area contributed by atoms with E-state index in [2.05, 4.69) is 33.7 Å². The molecule has 1 unspecified atom stereocenters. The van der Waals surface area contributed by atoms with Gasteiger partial charge in [-0.25, -0.2) is 0 Å². The van der Waals surface area contributed by atoms with E-state index in [-0.39, 0.29) is 36.1 Å². The molecule has 0 saturated heterocycles. The van der Waals surface area contributed by atoms with Crippen LogP contribution in [0.5, 0.6) is 0 Å². The molecule has 0 radical (unpaired) electrons. The van der Waals surface area contributed by atoms with Gasteiger partial charge in [0, 0.05) is 62.7 Å². The van der Waals surface area contributed by atoms with Gasteiger partial charge in [0.1, 0.15) is 0 Å². The van der Waals surface area contributed by atoms with E-state index in [9.17, 15) is 14.4 Å². The molecule has 1 heterocycles. The number of nitrogens with one attached hydrogen (secondary N) is 2. The van der Waals surface area contributed by atoms with E-state index in [0.717, 1.165) is 59.2 Å². The lowest BCUT2D eigenvalue weighted by Gasteiger charge is -2.37. The van der Waals surface area contributed by atoms with Gasteiger partial charge in [-0.2, -0.15) is 5.10 Å². The van der Waals surface area contributed by atoms with Gasteiger partial charge in [-0.15, -0.1) is 0 Å². The first-order valence-electron chi connectivity index (χ1n) is 13.4. The van der Waals surface area contributed by atoms with Crippen LogP contribution < -0.4 is 15.5 Å². The molecular weight excluding hydrogens is 478 g/mol. The summed E-state index contributed by atoms with van der Waals surface area (Å²) >= 11 is 0. The molecule has 1 saturated carbocycles. The number of nitrogens with zero attached hydrogens (tertiary/aromatic N) is 3. The van der Waals surface area contributed by atoms with Crippen molar-refractivity contribution in [2.45, 2.75) is 65.5 Å². The Labute approximate surface area is 225 Å². The minimum absolute atomic E-state index is 0.0178. The standard InChI is InChI=1S/C30H39N5O3/c1-18-11-19(2)27(29(37)12-18)16-31-30(38)26-13-22(23-15-32-34(5)17-23)14-28(20(26)3)35(6)25-9-7-24(8-10-25)33-21(4)36/h11-15,17,24-25,27H,7-10,16H2,1-6H3,(H,31,38)(H,33,36). The third-order valence-electron chi connectivity index (χ3n) is 7.88. The number of hydrogen-bond acceptors (Lipinski definition) is 5. The molecule has 2 aliphatic carbocycles. The Balaban J connectivity index is 1.59. The van der Waals surface area contributed by atoms with Crippen molar-refractivity contribution < 1.29 is 14.4 Å². The van der Waals surface area contributed by atoms with E-state index in [1.54, 1.807) is 23.9 Å². The van der Waals surface area contributed by atoms with Crippen molar-refractivity contribution in [3.63, 3.8) is 0 Å². The molecule has 0 bridgehead atoms. The quantitative estimate of drug-likeness (QED) is 0.577. The second kappa shape index (κ2) is 11.4. The van der Waals surface area contributed by atoms with Crippen LogP contribution in [0.2, 0.25) is 0 Å². The molecule has 2 aliphatic rings. The number of carbonyl (C=O) groups excluding carboxylic acids is 3. The van der Waals surface area contributed by atoms with Crippen LogP contribution in [-0.4, -0.2) is 53.1 Å². The van der Waals surface area contributed by atoms with E-state index in [1.807, 2.05) is 46.2 Å². The summed E-state index contributed by atoms with van der Waals surface area (Å²) in [5.74, 6) is -0.488. The summed E-state index contributed by atoms with van der Waals surface area (Å²) in [5, 5.41) is 10.4. The maximum absolute atomic E-state index is 13.5. The molecule has 2 N–H and O–H groups in total. The van der Waals surface area contributed by atoms with Crippen molar-refractivity contribution in [3.05, 3.63) is 59.0 Å². The molecule has 4 rings (SSSR count). The highest BCUT2D eigenvalue weighted by Crippen LogP contribution is 2.34. The maximum Gasteiger partial charge on any atom is 0.251 e. The summed E-state index contributed by atoms with van der Waals surface area (Å²) < 4.78 is 1.75. The van der Waals surface area contributed by atoms with E-state index in [0.29, 0.717) is 11.6 Å². The zero-order valence-electron chi connectivity index (χ0n) is 23.3. The second-order valence-electron chi connectivity index (χ2n) is 10.8. The van der Waals surface area contributed by atoms with Gasteiger partial charge >= 0.3 is 0 Å². The van der Waals surface area contributed by atoms with Gasteiger partial charge in [0.25, 0.3) is 5.91 Å². The minimum atomic E-state index is -0.342. The molecule has 1 aromatic carbocycles. The molecule has 1 atom stereocenters. The highest BCUT2D eigenvalue weighted by atomic mass is 16.2. The van der Waals surface area contributed by atoms with Crippen molar-refractivity contribution in [3.8, 4) is 11.1 Å². The van der Waals surface area contributed by atoms with Gasteiger partial charge in [0.05, 0.1) is 12.1 Å². The Morgan fingerprint density at radius 3 is 2.39 bits per heavy atom. The monoisotopic (exact) mass is 517 g/mol. The van der Waals surface area contributed by atoms with E-state index >= 15 is 0 Å². The highest BCUT2D eigenvalue weighted by molar-refractivity contribution is 6.00. The lowest BCUT2D eigenvalue weighted by Crippen LogP contribution is -2.42. The molecule has 1 fully saturated rings. The number of carbonyl (C=O) groups is 3. The maximum atomic E-state index is 13.5. The van der Waals surface area contributed by atoms with Crippen molar-refractivity contribution in [1.29, 1.82) is 0 Å². The van der Waals surface area contributed by atoms with Crippen LogP contribution in [0.25, 0.3) is 11.1 Å². The molecule has 2 aromatic rings. The summed E-state index contributed by atoms with van der Waals surface area (Å²) in [7, 11) is 3.96. The second-order valence-corrected chi connectivity index (χ2v) is 10.8. The number of rotatable bonds is 7. The normalized spacial score (nSPS) is 21.4. The van der Waals surface area contributed by atoms with Gasteiger partial charge < -0.3 is 15.5 Å². The topological polar surface area (TPSA) is 96.3 Å². The summed E-state index contributed by atoms with van der Waals surface area (Å²) in [6, 6.07) is 4.58. The number of amides is 2. The van der Waals surface area contributed by atoms with E-state index in [1.165, 1.54) is 0 Å². The first-order valence-corrected chi connectivity index (χ1v) is 13.4. The van der Waals surface area contributed by atoms with Gasteiger partial charge in [-0.3, -0.25) is 19.1 Å². The summed E-state index contributed by atoms with van der Waals surface area (Å²) in [6.45, 7) is 7.66. The van der Waals surface area contributed by atoms with E-state index < -0.39 is 0 Å². The number of anilines is 1. The molecule has 1 aromatic heterocycles. The first kappa shape index (κ1) is 27.4. The zero-order valence-corrected chi connectivity index (χ0v) is 23.3. The van der Waals surface area contributed by atoms with Gasteiger partial charge in [0.2, 0.25) is 5.91 Å². The fourth-order valence-electron chi connectivity index (χ4n) is 5.73. The molecule has 0 aliphatic heterocycles. The third-order valence-corrected chi connectivity index (χ3v) is 7.88. The summed E-state index contributed by atoms with van der Waals surface area (Å²) in [6.07, 6.45) is 11.2. The highest BCUT2D eigenvalue weighted by Gasteiger charge is 2.28. The van der Waals surface area contributed by atoms with Crippen molar-refractivity contribution in [2.24, 2.45) is 13.0 Å². The number of allylic oxidation sites excluding steroid dienone is 3. The number of hydrogen-bond donors (Lipinski definition) is 2. The van der Waals surface area contributed by atoms with Crippen molar-refractivity contribution in [2.75, 3.05) is 18.5 Å². The van der Waals surface area contributed by atoms with Crippen LogP contribution in [0, 0.1) is 12.8 Å². The average Bonchev–Trinajstić information content (AvgIpc) is 3.29. The van der Waals surface area contributed by atoms with Gasteiger partial charge in [-0.05, 0) is 81.4 Å². The Kier molecular flexibility index (Phi) is 8.19. The van der Waals surface area contributed by atoms with Crippen LogP contribution in [0.4, 0.5) is 5.69 Å². The molecule has 8 nitrogen and oxygen atoms in total. The van der Waals surface area contributed by atoms with Crippen LogP contribution >= 0.6 is 0 Å². The van der Waals surface area contributed by atoms with Crippen LogP contribution in [0.15, 0.2) is 47.8 Å². The lowest BCUT2D eigenvalue weighted by atomic mass is 9.88. The van der Waals surface area contributed by atoms with E-state index in [4.69, 9.17) is 0 Å². The number of ketones is 1. The Hall–Kier alpha value is -3.68. The Morgan fingerprint density at radius 1 is 1.08 bits per heavy atom. The molecule has 8 heteroatoms. The third kappa shape index (κ3) is 6.06. The fraction of sp³-hybridized carbons (Fsp3) is 0.467. The minimum Gasteiger partial charge on any atom is -0.371 e. The Bertz CT molecular complexity index is 1300. The fourth-order valence-corrected chi connectivity index (χ4v) is 5.73. The summed E-state index contributed by atoms with van der Waals surface area (Å²) in [5.41, 5.74) is 6.26. The predicted octanol–water partition coefficient (Wildman–Crippen LogP) is 4.10. The number of benzene rings is 1. The molecular formula is C30H39N5O3.